The minimum absolute atomic E-state index is 0.287. The molecule has 2 aromatic rings. The van der Waals surface area contributed by atoms with Crippen LogP contribution in [0.4, 0.5) is 10.5 Å². The first-order valence-corrected chi connectivity index (χ1v) is 7.52. The lowest BCUT2D eigenvalue weighted by Gasteiger charge is -2.08. The molecule has 0 atom stereocenters. The summed E-state index contributed by atoms with van der Waals surface area (Å²) in [4.78, 5) is 11.9. The molecule has 0 aliphatic rings. The van der Waals surface area contributed by atoms with Crippen molar-refractivity contribution < 1.29 is 9.53 Å². The van der Waals surface area contributed by atoms with Crippen LogP contribution in [0.1, 0.15) is 11.1 Å². The predicted octanol–water partition coefficient (Wildman–Crippen LogP) is 4.56. The van der Waals surface area contributed by atoms with Crippen LogP contribution in [0, 0.1) is 6.92 Å². The van der Waals surface area contributed by atoms with Gasteiger partial charge >= 0.3 is 6.03 Å². The van der Waals surface area contributed by atoms with Crippen LogP contribution < -0.4 is 15.4 Å². The quantitative estimate of drug-likeness (QED) is 0.839. The molecule has 0 aromatic heterocycles. The molecule has 0 aliphatic carbocycles. The first kappa shape index (κ1) is 16.1. The van der Waals surface area contributed by atoms with Crippen molar-refractivity contribution in [2.75, 3.05) is 12.4 Å². The zero-order chi connectivity index (χ0) is 15.9. The minimum Gasteiger partial charge on any atom is -0.497 e. The Labute approximate surface area is 138 Å². The molecule has 0 saturated heterocycles. The second kappa shape index (κ2) is 7.66. The number of hydrogen-bond donors (Lipinski definition) is 2. The van der Waals surface area contributed by atoms with Crippen molar-refractivity contribution in [3.05, 3.63) is 64.3 Å². The molecule has 0 heterocycles. The summed E-state index contributed by atoms with van der Waals surface area (Å²) in [6.07, 6.45) is 3.40. The molecule has 4 nitrogen and oxygen atoms in total. The maximum Gasteiger partial charge on any atom is 0.323 e. The number of benzene rings is 2. The van der Waals surface area contributed by atoms with Crippen molar-refractivity contribution in [2.45, 2.75) is 6.92 Å². The zero-order valence-corrected chi connectivity index (χ0v) is 14.0. The fraction of sp³-hybridized carbons (Fsp3) is 0.118. The Balaban J connectivity index is 1.93. The van der Waals surface area contributed by atoms with E-state index in [1.165, 1.54) is 0 Å². The van der Waals surface area contributed by atoms with Gasteiger partial charge in [0.25, 0.3) is 0 Å². The van der Waals surface area contributed by atoms with Gasteiger partial charge in [-0.2, -0.15) is 0 Å². The molecule has 2 amide bonds. The normalized spacial score (nSPS) is 10.5. The van der Waals surface area contributed by atoms with Crippen molar-refractivity contribution in [3.8, 4) is 5.75 Å². The molecule has 2 N–H and O–H groups in total. The Morgan fingerprint density at radius 1 is 1.23 bits per heavy atom. The van der Waals surface area contributed by atoms with Crippen molar-refractivity contribution in [2.24, 2.45) is 0 Å². The maximum absolute atomic E-state index is 11.9. The number of halogens is 1. The minimum atomic E-state index is -0.287. The van der Waals surface area contributed by atoms with Crippen LogP contribution in [0.25, 0.3) is 6.08 Å². The number of aryl methyl sites for hydroxylation is 1. The molecule has 0 spiro atoms. The van der Waals surface area contributed by atoms with Gasteiger partial charge in [-0.15, -0.1) is 0 Å². The number of urea groups is 1. The van der Waals surface area contributed by atoms with E-state index in [9.17, 15) is 4.79 Å². The summed E-state index contributed by atoms with van der Waals surface area (Å²) >= 11 is 3.39. The molecule has 0 fully saturated rings. The first-order chi connectivity index (χ1) is 10.6. The monoisotopic (exact) mass is 360 g/mol. The van der Waals surface area contributed by atoms with Gasteiger partial charge in [-0.3, -0.25) is 0 Å². The fourth-order valence-electron chi connectivity index (χ4n) is 1.88. The molecule has 0 saturated carbocycles. The molecule has 2 rings (SSSR count). The maximum atomic E-state index is 11.9. The van der Waals surface area contributed by atoms with Crippen LogP contribution in [0.5, 0.6) is 5.75 Å². The second-order valence-electron chi connectivity index (χ2n) is 4.67. The third-order valence-electron chi connectivity index (χ3n) is 3.02. The molecule has 0 bridgehead atoms. The summed E-state index contributed by atoms with van der Waals surface area (Å²) in [5.41, 5.74) is 2.70. The van der Waals surface area contributed by atoms with Crippen LogP contribution >= 0.6 is 15.9 Å². The second-order valence-corrected chi connectivity index (χ2v) is 5.58. The van der Waals surface area contributed by atoms with E-state index in [2.05, 4.69) is 26.6 Å². The Bertz CT molecular complexity index is 699. The van der Waals surface area contributed by atoms with Crippen molar-refractivity contribution in [3.63, 3.8) is 0 Å². The van der Waals surface area contributed by atoms with Crippen molar-refractivity contribution in [1.82, 2.24) is 5.32 Å². The summed E-state index contributed by atoms with van der Waals surface area (Å²) in [5, 5.41) is 5.48. The molecule has 0 aliphatic heterocycles. The van der Waals surface area contributed by atoms with E-state index in [0.29, 0.717) is 0 Å². The Morgan fingerprint density at radius 3 is 2.77 bits per heavy atom. The summed E-state index contributed by atoms with van der Waals surface area (Å²) < 4.78 is 6.13. The van der Waals surface area contributed by atoms with Crippen molar-refractivity contribution >= 4 is 33.7 Å². The average molecular weight is 361 g/mol. The lowest BCUT2D eigenvalue weighted by Crippen LogP contribution is -2.24. The van der Waals surface area contributed by atoms with Gasteiger partial charge in [0, 0.05) is 16.4 Å². The average Bonchev–Trinajstić information content (AvgIpc) is 2.50. The highest BCUT2D eigenvalue weighted by molar-refractivity contribution is 9.10. The molecular weight excluding hydrogens is 344 g/mol. The van der Waals surface area contributed by atoms with Crippen LogP contribution in [-0.4, -0.2) is 13.1 Å². The van der Waals surface area contributed by atoms with Crippen LogP contribution in [0.2, 0.25) is 0 Å². The molecule has 0 unspecified atom stereocenters. The van der Waals surface area contributed by atoms with Crippen LogP contribution in [-0.2, 0) is 0 Å². The number of carbonyl (C=O) groups excluding carboxylic acids is 1. The van der Waals surface area contributed by atoms with Gasteiger partial charge in [0.1, 0.15) is 5.75 Å². The number of carbonyl (C=O) groups is 1. The summed E-state index contributed by atoms with van der Waals surface area (Å²) in [6, 6.07) is 13.0. The van der Waals surface area contributed by atoms with Gasteiger partial charge in [0.05, 0.1) is 7.11 Å². The third-order valence-corrected chi connectivity index (χ3v) is 3.51. The molecule has 5 heteroatoms. The topological polar surface area (TPSA) is 50.4 Å². The number of nitrogens with one attached hydrogen (secondary N) is 2. The molecule has 114 valence electrons. The van der Waals surface area contributed by atoms with E-state index >= 15 is 0 Å². The van der Waals surface area contributed by atoms with E-state index in [-0.39, 0.29) is 6.03 Å². The SMILES string of the molecule is COc1cccc(/C=C/NC(=O)Nc2ccc(Br)cc2C)c1. The smallest absolute Gasteiger partial charge is 0.323 e. The van der Waals surface area contributed by atoms with Gasteiger partial charge < -0.3 is 15.4 Å². The number of hydrogen-bond acceptors (Lipinski definition) is 2. The highest BCUT2D eigenvalue weighted by atomic mass is 79.9. The van der Waals surface area contributed by atoms with Crippen LogP contribution in [0.3, 0.4) is 0 Å². The summed E-state index contributed by atoms with van der Waals surface area (Å²) in [6.45, 7) is 1.94. The number of methoxy groups -OCH3 is 1. The van der Waals surface area contributed by atoms with Gasteiger partial charge in [0.15, 0.2) is 0 Å². The number of amides is 2. The van der Waals surface area contributed by atoms with Gasteiger partial charge in [-0.1, -0.05) is 28.1 Å². The van der Waals surface area contributed by atoms with Gasteiger partial charge in [-0.25, -0.2) is 4.79 Å². The number of ether oxygens (including phenoxy) is 1. The van der Waals surface area contributed by atoms with E-state index < -0.39 is 0 Å². The van der Waals surface area contributed by atoms with Gasteiger partial charge in [0.2, 0.25) is 0 Å². The van der Waals surface area contributed by atoms with E-state index in [1.54, 1.807) is 19.4 Å². The highest BCUT2D eigenvalue weighted by Gasteiger charge is 2.02. The largest absolute Gasteiger partial charge is 0.497 e. The first-order valence-electron chi connectivity index (χ1n) is 6.73. The third kappa shape index (κ3) is 4.63. The Hall–Kier alpha value is -2.27. The molecule has 0 radical (unpaired) electrons. The summed E-state index contributed by atoms with van der Waals surface area (Å²) in [7, 11) is 1.62. The highest BCUT2D eigenvalue weighted by Crippen LogP contribution is 2.19. The fourth-order valence-corrected chi connectivity index (χ4v) is 2.36. The Kier molecular flexibility index (Phi) is 5.61. The molecule has 2 aromatic carbocycles. The summed E-state index contributed by atoms with van der Waals surface area (Å²) in [5.74, 6) is 0.775. The van der Waals surface area contributed by atoms with E-state index in [0.717, 1.165) is 27.0 Å². The van der Waals surface area contributed by atoms with Crippen LogP contribution in [0.15, 0.2) is 53.1 Å². The van der Waals surface area contributed by atoms with E-state index in [4.69, 9.17) is 4.74 Å². The van der Waals surface area contributed by atoms with E-state index in [1.807, 2.05) is 49.4 Å². The number of rotatable bonds is 4. The van der Waals surface area contributed by atoms with Gasteiger partial charge in [-0.05, 0) is 54.5 Å². The molecular formula is C17H17BrN2O2. The lowest BCUT2D eigenvalue weighted by molar-refractivity contribution is 0.255. The lowest BCUT2D eigenvalue weighted by atomic mass is 10.2. The molecule has 22 heavy (non-hydrogen) atoms. The zero-order valence-electron chi connectivity index (χ0n) is 12.4. The van der Waals surface area contributed by atoms with Crippen molar-refractivity contribution in [1.29, 1.82) is 0 Å². The standard InChI is InChI=1S/C17H17BrN2O2/c1-12-10-14(18)6-7-16(12)20-17(21)19-9-8-13-4-3-5-15(11-13)22-2/h3-11H,1-2H3,(H2,19,20,21)/b9-8+. The Morgan fingerprint density at radius 2 is 2.05 bits per heavy atom. The number of anilines is 1. The predicted molar refractivity (Wildman–Crippen MR) is 93.1 cm³/mol.